The number of likely N-dealkylation sites (tertiary alicyclic amines) is 1. The van der Waals surface area contributed by atoms with Crippen molar-refractivity contribution in [1.29, 1.82) is 0 Å². The Morgan fingerprint density at radius 1 is 1.59 bits per heavy atom. The van der Waals surface area contributed by atoms with Crippen molar-refractivity contribution in [3.05, 3.63) is 23.9 Å². The predicted molar refractivity (Wildman–Crippen MR) is 67.5 cm³/mol. The maximum Gasteiger partial charge on any atom is 0.254 e. The van der Waals surface area contributed by atoms with E-state index in [0.717, 1.165) is 19.4 Å². The van der Waals surface area contributed by atoms with Gasteiger partial charge in [0, 0.05) is 24.3 Å². The van der Waals surface area contributed by atoms with Gasteiger partial charge in [0.15, 0.2) is 0 Å². The third-order valence-electron chi connectivity index (χ3n) is 3.36. The Bertz CT molecular complexity index is 417. The monoisotopic (exact) mass is 233 g/mol. The molecule has 1 aromatic rings. The number of anilines is 1. The molecule has 1 fully saturated rings. The highest BCUT2D eigenvalue weighted by Crippen LogP contribution is 2.25. The van der Waals surface area contributed by atoms with Crippen LogP contribution in [0, 0.1) is 5.92 Å². The molecule has 2 rings (SSSR count). The predicted octanol–water partition coefficient (Wildman–Crippen LogP) is 1.92. The first-order valence-corrected chi connectivity index (χ1v) is 6.12. The number of rotatable bonds is 2. The Hall–Kier alpha value is -1.58. The molecule has 1 saturated heterocycles. The Balaban J connectivity index is 2.20. The summed E-state index contributed by atoms with van der Waals surface area (Å²) >= 11 is 0. The topological polar surface area (TPSA) is 59.2 Å². The quantitative estimate of drug-likeness (QED) is 0.849. The number of amides is 1. The third kappa shape index (κ3) is 2.40. The first kappa shape index (κ1) is 11.9. The van der Waals surface area contributed by atoms with Crippen LogP contribution in [0.1, 0.15) is 37.0 Å². The molecule has 17 heavy (non-hydrogen) atoms. The van der Waals surface area contributed by atoms with E-state index in [-0.39, 0.29) is 5.91 Å². The number of pyridine rings is 1. The maximum absolute atomic E-state index is 12.4. The normalized spacial score (nSPS) is 19.9. The number of carbonyl (C=O) groups is 1. The molecule has 4 heteroatoms. The molecule has 1 aliphatic rings. The number of carbonyl (C=O) groups excluding carboxylic acids is 1. The van der Waals surface area contributed by atoms with Crippen molar-refractivity contribution in [3.8, 4) is 0 Å². The summed E-state index contributed by atoms with van der Waals surface area (Å²) < 4.78 is 0. The molecule has 0 saturated carbocycles. The van der Waals surface area contributed by atoms with Crippen LogP contribution < -0.4 is 5.73 Å². The van der Waals surface area contributed by atoms with Gasteiger partial charge in [0.05, 0.1) is 0 Å². The molecule has 0 bridgehead atoms. The molecule has 1 atom stereocenters. The maximum atomic E-state index is 12.4. The molecular weight excluding hydrogens is 214 g/mol. The van der Waals surface area contributed by atoms with Crippen molar-refractivity contribution in [2.45, 2.75) is 32.7 Å². The van der Waals surface area contributed by atoms with Crippen molar-refractivity contribution in [1.82, 2.24) is 9.88 Å². The van der Waals surface area contributed by atoms with E-state index >= 15 is 0 Å². The van der Waals surface area contributed by atoms with Crippen LogP contribution >= 0.6 is 0 Å². The average molecular weight is 233 g/mol. The van der Waals surface area contributed by atoms with Crippen molar-refractivity contribution in [2.24, 2.45) is 5.92 Å². The summed E-state index contributed by atoms with van der Waals surface area (Å²) in [4.78, 5) is 18.2. The number of hydrogen-bond acceptors (Lipinski definition) is 3. The zero-order valence-corrected chi connectivity index (χ0v) is 10.4. The largest absolute Gasteiger partial charge is 0.384 e. The smallest absolute Gasteiger partial charge is 0.254 e. The molecule has 1 aliphatic heterocycles. The first-order valence-electron chi connectivity index (χ1n) is 6.12. The van der Waals surface area contributed by atoms with Gasteiger partial charge in [-0.05, 0) is 30.9 Å². The molecule has 0 spiro atoms. The molecule has 1 unspecified atom stereocenters. The van der Waals surface area contributed by atoms with Crippen LogP contribution in [0.25, 0.3) is 0 Å². The number of hydrogen-bond donors (Lipinski definition) is 1. The fraction of sp³-hybridized carbons (Fsp3) is 0.538. The summed E-state index contributed by atoms with van der Waals surface area (Å²) in [6.07, 6.45) is 3.78. The molecule has 4 nitrogen and oxygen atoms in total. The number of nitrogens with zero attached hydrogens (tertiary/aromatic N) is 2. The number of nitrogens with two attached hydrogens (primary N) is 1. The Labute approximate surface area is 102 Å². The van der Waals surface area contributed by atoms with Gasteiger partial charge in [-0.2, -0.15) is 0 Å². The van der Waals surface area contributed by atoms with Gasteiger partial charge in [-0.25, -0.2) is 4.98 Å². The lowest BCUT2D eigenvalue weighted by Crippen LogP contribution is -2.38. The zero-order valence-electron chi connectivity index (χ0n) is 10.4. The van der Waals surface area contributed by atoms with Crippen molar-refractivity contribution in [2.75, 3.05) is 12.3 Å². The second-order valence-corrected chi connectivity index (χ2v) is 4.92. The summed E-state index contributed by atoms with van der Waals surface area (Å²) in [5.74, 6) is 0.979. The highest BCUT2D eigenvalue weighted by atomic mass is 16.2. The van der Waals surface area contributed by atoms with Gasteiger partial charge in [0.25, 0.3) is 5.91 Å². The highest BCUT2D eigenvalue weighted by Gasteiger charge is 2.31. The molecule has 2 N–H and O–H groups in total. The summed E-state index contributed by atoms with van der Waals surface area (Å²) in [5, 5.41) is 0. The van der Waals surface area contributed by atoms with Crippen LogP contribution in [-0.2, 0) is 0 Å². The number of aromatic nitrogens is 1. The molecule has 0 aliphatic carbocycles. The summed E-state index contributed by atoms with van der Waals surface area (Å²) in [6, 6.07) is 3.74. The van der Waals surface area contributed by atoms with E-state index in [1.54, 1.807) is 18.3 Å². The molecule has 1 amide bonds. The molecular formula is C13H19N3O. The van der Waals surface area contributed by atoms with Gasteiger partial charge in [-0.1, -0.05) is 13.8 Å². The summed E-state index contributed by atoms with van der Waals surface area (Å²) in [5.41, 5.74) is 6.25. The second kappa shape index (κ2) is 4.73. The van der Waals surface area contributed by atoms with E-state index in [2.05, 4.69) is 18.8 Å². The molecule has 0 radical (unpaired) electrons. The third-order valence-corrected chi connectivity index (χ3v) is 3.36. The van der Waals surface area contributed by atoms with E-state index in [1.807, 2.05) is 4.90 Å². The van der Waals surface area contributed by atoms with E-state index < -0.39 is 0 Å². The summed E-state index contributed by atoms with van der Waals surface area (Å²) in [7, 11) is 0. The minimum Gasteiger partial charge on any atom is -0.384 e. The van der Waals surface area contributed by atoms with Gasteiger partial charge in [-0.15, -0.1) is 0 Å². The fourth-order valence-electron chi connectivity index (χ4n) is 2.48. The van der Waals surface area contributed by atoms with Crippen LogP contribution in [0.5, 0.6) is 0 Å². The van der Waals surface area contributed by atoms with Gasteiger partial charge in [-0.3, -0.25) is 4.79 Å². The minimum absolute atomic E-state index is 0.0790. The Kier molecular flexibility index (Phi) is 3.31. The van der Waals surface area contributed by atoms with E-state index in [1.165, 1.54) is 0 Å². The van der Waals surface area contributed by atoms with Crippen molar-refractivity contribution in [3.63, 3.8) is 0 Å². The number of nitrogen functional groups attached to an aromatic ring is 1. The summed E-state index contributed by atoms with van der Waals surface area (Å²) in [6.45, 7) is 5.18. The van der Waals surface area contributed by atoms with Gasteiger partial charge in [0.1, 0.15) is 5.82 Å². The van der Waals surface area contributed by atoms with Gasteiger partial charge < -0.3 is 10.6 Å². The highest BCUT2D eigenvalue weighted by molar-refractivity contribution is 5.95. The van der Waals surface area contributed by atoms with E-state index in [4.69, 9.17) is 5.73 Å². The van der Waals surface area contributed by atoms with Crippen LogP contribution in [0.15, 0.2) is 18.3 Å². The molecule has 0 aromatic carbocycles. The Morgan fingerprint density at radius 2 is 2.35 bits per heavy atom. The lowest BCUT2D eigenvalue weighted by atomic mass is 10.0. The van der Waals surface area contributed by atoms with Crippen LogP contribution in [0.4, 0.5) is 5.82 Å². The minimum atomic E-state index is 0.0790. The SMILES string of the molecule is CC(C)C1CCCN1C(=O)c1ccnc(N)c1. The standard InChI is InChI=1S/C13H19N3O/c1-9(2)11-4-3-7-16(11)13(17)10-5-6-15-12(14)8-10/h5-6,8-9,11H,3-4,7H2,1-2H3,(H2,14,15). The zero-order chi connectivity index (χ0) is 12.4. The molecule has 2 heterocycles. The lowest BCUT2D eigenvalue weighted by Gasteiger charge is -2.27. The Morgan fingerprint density at radius 3 is 3.00 bits per heavy atom. The molecule has 92 valence electrons. The van der Waals surface area contributed by atoms with E-state index in [9.17, 15) is 4.79 Å². The lowest BCUT2D eigenvalue weighted by molar-refractivity contribution is 0.0701. The van der Waals surface area contributed by atoms with Crippen LogP contribution in [-0.4, -0.2) is 28.4 Å². The average Bonchev–Trinajstić information content (AvgIpc) is 2.77. The first-order chi connectivity index (χ1) is 8.09. The molecule has 1 aromatic heterocycles. The second-order valence-electron chi connectivity index (χ2n) is 4.92. The van der Waals surface area contributed by atoms with E-state index in [0.29, 0.717) is 23.3 Å². The van der Waals surface area contributed by atoms with Crippen LogP contribution in [0.2, 0.25) is 0 Å². The van der Waals surface area contributed by atoms with Gasteiger partial charge >= 0.3 is 0 Å². The van der Waals surface area contributed by atoms with Gasteiger partial charge in [0.2, 0.25) is 0 Å². The van der Waals surface area contributed by atoms with Crippen LogP contribution in [0.3, 0.4) is 0 Å². The van der Waals surface area contributed by atoms with Crippen molar-refractivity contribution >= 4 is 11.7 Å². The fourth-order valence-corrected chi connectivity index (χ4v) is 2.48. The van der Waals surface area contributed by atoms with Crippen molar-refractivity contribution < 1.29 is 4.79 Å².